The third-order valence-corrected chi connectivity index (χ3v) is 6.49. The van der Waals surface area contributed by atoms with Crippen molar-refractivity contribution < 1.29 is 9.53 Å². The molecule has 1 amide bonds. The number of nitrogens with one attached hydrogen (secondary N) is 1. The number of aromatic amines is 1. The average Bonchev–Trinajstić information content (AvgIpc) is 3.30. The summed E-state index contributed by atoms with van der Waals surface area (Å²) in [7, 11) is 0. The molecule has 0 bridgehead atoms. The summed E-state index contributed by atoms with van der Waals surface area (Å²) in [4.78, 5) is 20.1. The van der Waals surface area contributed by atoms with Crippen LogP contribution in [0.4, 0.5) is 0 Å². The van der Waals surface area contributed by atoms with E-state index in [0.29, 0.717) is 12.2 Å². The van der Waals surface area contributed by atoms with Crippen LogP contribution in [-0.4, -0.2) is 60.0 Å². The van der Waals surface area contributed by atoms with Crippen molar-refractivity contribution in [2.75, 3.05) is 39.3 Å². The molecule has 0 spiro atoms. The Kier molecular flexibility index (Phi) is 6.60. The van der Waals surface area contributed by atoms with Gasteiger partial charge in [-0.05, 0) is 53.6 Å². The van der Waals surface area contributed by atoms with E-state index < -0.39 is 5.91 Å². The van der Waals surface area contributed by atoms with Gasteiger partial charge in [-0.15, -0.1) is 0 Å². The van der Waals surface area contributed by atoms with Gasteiger partial charge in [-0.25, -0.2) is 0 Å². The lowest BCUT2D eigenvalue weighted by Crippen LogP contribution is -2.47. The molecule has 0 saturated carbocycles. The molecule has 1 fully saturated rings. The monoisotopic (exact) mass is 454 g/mol. The number of benzene rings is 3. The van der Waals surface area contributed by atoms with Gasteiger partial charge >= 0.3 is 0 Å². The molecule has 174 valence electrons. The molecule has 1 aliphatic heterocycles. The Labute approximate surface area is 199 Å². The minimum atomic E-state index is -0.419. The molecular formula is C28H30N4O2. The van der Waals surface area contributed by atoms with Crippen LogP contribution in [0.1, 0.15) is 15.9 Å². The zero-order chi connectivity index (χ0) is 23.3. The summed E-state index contributed by atoms with van der Waals surface area (Å²) < 4.78 is 6.00. The number of hydrogen-bond acceptors (Lipinski definition) is 4. The molecule has 0 atom stereocenters. The molecule has 2 heterocycles. The molecular weight excluding hydrogens is 424 g/mol. The van der Waals surface area contributed by atoms with Gasteiger partial charge in [-0.1, -0.05) is 36.4 Å². The second-order valence-electron chi connectivity index (χ2n) is 8.79. The van der Waals surface area contributed by atoms with Gasteiger partial charge in [0, 0.05) is 61.4 Å². The van der Waals surface area contributed by atoms with Crippen LogP contribution >= 0.6 is 0 Å². The van der Waals surface area contributed by atoms with Crippen LogP contribution in [0.5, 0.6) is 5.75 Å². The summed E-state index contributed by atoms with van der Waals surface area (Å²) in [6, 6.07) is 26.2. The van der Waals surface area contributed by atoms with Gasteiger partial charge in [0.05, 0.1) is 0 Å². The van der Waals surface area contributed by atoms with Crippen molar-refractivity contribution >= 4 is 16.8 Å². The molecule has 4 aromatic rings. The van der Waals surface area contributed by atoms with Crippen LogP contribution in [0.3, 0.4) is 0 Å². The fourth-order valence-electron chi connectivity index (χ4n) is 4.56. The van der Waals surface area contributed by atoms with Crippen LogP contribution in [0.25, 0.3) is 22.2 Å². The number of piperazine rings is 1. The molecule has 3 N–H and O–H groups in total. The van der Waals surface area contributed by atoms with Crippen molar-refractivity contribution in [3.8, 4) is 17.0 Å². The van der Waals surface area contributed by atoms with Gasteiger partial charge in [0.25, 0.3) is 0 Å². The number of primary amides is 1. The summed E-state index contributed by atoms with van der Waals surface area (Å²) in [6.45, 7) is 6.95. The first-order valence-corrected chi connectivity index (χ1v) is 11.8. The molecule has 3 aromatic carbocycles. The van der Waals surface area contributed by atoms with Gasteiger partial charge < -0.3 is 15.5 Å². The van der Waals surface area contributed by atoms with Crippen LogP contribution in [0.2, 0.25) is 0 Å². The maximum Gasteiger partial charge on any atom is 0.249 e. The molecule has 6 nitrogen and oxygen atoms in total. The Bertz CT molecular complexity index is 1240. The molecule has 0 aliphatic carbocycles. The first-order chi connectivity index (χ1) is 16.7. The Balaban J connectivity index is 1.11. The van der Waals surface area contributed by atoms with Gasteiger partial charge in [-0.3, -0.25) is 14.6 Å². The van der Waals surface area contributed by atoms with E-state index in [1.54, 1.807) is 6.07 Å². The third-order valence-electron chi connectivity index (χ3n) is 6.49. The second-order valence-corrected chi connectivity index (χ2v) is 8.79. The number of nitrogens with two attached hydrogens (primary N) is 1. The number of fused-ring (bicyclic) bond motifs is 1. The first kappa shape index (κ1) is 22.2. The number of H-pyrrole nitrogens is 1. The Morgan fingerprint density at radius 3 is 2.35 bits per heavy atom. The lowest BCUT2D eigenvalue weighted by molar-refractivity contribution is 0.100. The Morgan fingerprint density at radius 1 is 0.882 bits per heavy atom. The molecule has 1 saturated heterocycles. The minimum Gasteiger partial charge on any atom is -0.492 e. The van der Waals surface area contributed by atoms with E-state index in [4.69, 9.17) is 10.5 Å². The topological polar surface area (TPSA) is 74.6 Å². The van der Waals surface area contributed by atoms with Crippen LogP contribution in [-0.2, 0) is 6.54 Å². The Hall–Kier alpha value is -3.61. The number of carbonyl (C=O) groups is 1. The van der Waals surface area contributed by atoms with Crippen LogP contribution in [0, 0.1) is 0 Å². The molecule has 0 unspecified atom stereocenters. The van der Waals surface area contributed by atoms with Crippen molar-refractivity contribution in [1.82, 2.24) is 14.8 Å². The average molecular weight is 455 g/mol. The smallest absolute Gasteiger partial charge is 0.249 e. The summed E-state index contributed by atoms with van der Waals surface area (Å²) in [6.07, 6.45) is 0. The van der Waals surface area contributed by atoms with Gasteiger partial charge in [-0.2, -0.15) is 0 Å². The predicted octanol–water partition coefficient (Wildman–Crippen LogP) is 4.13. The normalized spacial score (nSPS) is 14.9. The van der Waals surface area contributed by atoms with Gasteiger partial charge in [0.15, 0.2) is 0 Å². The second kappa shape index (κ2) is 10.1. The maximum absolute atomic E-state index is 11.7. The van der Waals surface area contributed by atoms with Crippen molar-refractivity contribution in [3.63, 3.8) is 0 Å². The molecule has 5 rings (SSSR count). The van der Waals surface area contributed by atoms with Gasteiger partial charge in [0.1, 0.15) is 12.4 Å². The van der Waals surface area contributed by atoms with E-state index in [-0.39, 0.29) is 0 Å². The highest BCUT2D eigenvalue weighted by molar-refractivity contribution is 6.06. The number of aromatic nitrogens is 1. The number of ether oxygens (including phenoxy) is 1. The maximum atomic E-state index is 11.7. The summed E-state index contributed by atoms with van der Waals surface area (Å²) >= 11 is 0. The molecule has 34 heavy (non-hydrogen) atoms. The number of hydrogen-bond donors (Lipinski definition) is 2. The molecule has 1 aliphatic rings. The highest BCUT2D eigenvalue weighted by Gasteiger charge is 2.17. The van der Waals surface area contributed by atoms with Crippen molar-refractivity contribution in [3.05, 3.63) is 90.0 Å². The van der Waals surface area contributed by atoms with Crippen molar-refractivity contribution in [2.45, 2.75) is 6.54 Å². The van der Waals surface area contributed by atoms with Crippen molar-refractivity contribution in [1.29, 1.82) is 0 Å². The summed E-state index contributed by atoms with van der Waals surface area (Å²) in [5, 5.41) is 0.842. The zero-order valence-corrected chi connectivity index (χ0v) is 19.2. The number of amides is 1. The highest BCUT2D eigenvalue weighted by atomic mass is 16.5. The summed E-state index contributed by atoms with van der Waals surface area (Å²) in [5.74, 6) is 0.443. The molecule has 0 radical (unpaired) electrons. The van der Waals surface area contributed by atoms with E-state index in [1.165, 1.54) is 5.56 Å². The van der Waals surface area contributed by atoms with E-state index in [0.717, 1.165) is 67.2 Å². The van der Waals surface area contributed by atoms with Crippen molar-refractivity contribution in [2.24, 2.45) is 5.73 Å². The first-order valence-electron chi connectivity index (χ1n) is 11.8. The number of carbonyl (C=O) groups excluding carboxylic acids is 1. The van der Waals surface area contributed by atoms with Gasteiger partial charge in [0.2, 0.25) is 5.91 Å². The zero-order valence-electron chi connectivity index (χ0n) is 19.2. The lowest BCUT2D eigenvalue weighted by atomic mass is 10.1. The molecule has 1 aromatic heterocycles. The number of rotatable bonds is 8. The quantitative estimate of drug-likeness (QED) is 0.420. The minimum absolute atomic E-state index is 0.419. The molecule has 6 heteroatoms. The standard InChI is InChI=1S/C28H30N4O2/c29-28(33)24-7-4-8-26-25(24)19-27(30-26)22-9-11-23(12-10-22)34-18-17-31-13-15-32(16-14-31)20-21-5-2-1-3-6-21/h1-12,19,30H,13-18,20H2,(H2,29,33). The number of nitrogens with zero attached hydrogens (tertiary/aromatic N) is 2. The lowest BCUT2D eigenvalue weighted by Gasteiger charge is -2.34. The largest absolute Gasteiger partial charge is 0.492 e. The van der Waals surface area contributed by atoms with E-state index in [1.807, 2.05) is 42.5 Å². The van der Waals surface area contributed by atoms with E-state index in [2.05, 4.69) is 45.1 Å². The van der Waals surface area contributed by atoms with E-state index in [9.17, 15) is 4.79 Å². The Morgan fingerprint density at radius 2 is 1.62 bits per heavy atom. The highest BCUT2D eigenvalue weighted by Crippen LogP contribution is 2.27. The van der Waals surface area contributed by atoms with E-state index >= 15 is 0 Å². The summed E-state index contributed by atoms with van der Waals surface area (Å²) in [5.41, 5.74) is 10.3. The fraction of sp³-hybridized carbons (Fsp3) is 0.250. The fourth-order valence-corrected chi connectivity index (χ4v) is 4.56. The van der Waals surface area contributed by atoms with Crippen LogP contribution < -0.4 is 10.5 Å². The van der Waals surface area contributed by atoms with Crippen LogP contribution in [0.15, 0.2) is 78.9 Å². The predicted molar refractivity (Wildman–Crippen MR) is 136 cm³/mol. The third kappa shape index (κ3) is 5.14. The SMILES string of the molecule is NC(=O)c1cccc2[nH]c(-c3ccc(OCCN4CCN(Cc5ccccc5)CC4)cc3)cc12.